The van der Waals surface area contributed by atoms with Crippen molar-refractivity contribution in [2.75, 3.05) is 18.8 Å². The summed E-state index contributed by atoms with van der Waals surface area (Å²) in [5.74, 6) is 0.802. The van der Waals surface area contributed by atoms with E-state index in [0.717, 1.165) is 36.5 Å². The number of aromatic nitrogens is 1. The van der Waals surface area contributed by atoms with E-state index < -0.39 is 0 Å². The SMILES string of the molecule is O=C(Cc1ccc(F)cc1)N1CC2(C[C@@H](OCc3ccccn3)CS2)C1. The van der Waals surface area contributed by atoms with Crippen molar-refractivity contribution in [3.63, 3.8) is 0 Å². The number of benzene rings is 1. The van der Waals surface area contributed by atoms with E-state index in [1.54, 1.807) is 18.3 Å². The van der Waals surface area contributed by atoms with Crippen molar-refractivity contribution in [2.24, 2.45) is 0 Å². The molecule has 1 atom stereocenters. The molecule has 0 radical (unpaired) electrons. The van der Waals surface area contributed by atoms with E-state index in [0.29, 0.717) is 13.0 Å². The molecule has 2 aliphatic rings. The van der Waals surface area contributed by atoms with Crippen LogP contribution in [-0.4, -0.2) is 45.5 Å². The van der Waals surface area contributed by atoms with E-state index in [9.17, 15) is 9.18 Å². The van der Waals surface area contributed by atoms with Crippen molar-refractivity contribution in [1.29, 1.82) is 0 Å². The number of thioether (sulfide) groups is 1. The molecule has 4 rings (SSSR count). The highest BCUT2D eigenvalue weighted by molar-refractivity contribution is 8.01. The quantitative estimate of drug-likeness (QED) is 0.809. The van der Waals surface area contributed by atoms with Gasteiger partial charge in [-0.2, -0.15) is 0 Å². The molecule has 136 valence electrons. The molecule has 2 saturated heterocycles. The molecule has 6 heteroatoms. The highest BCUT2D eigenvalue weighted by atomic mass is 32.2. The fourth-order valence-corrected chi connectivity index (χ4v) is 5.08. The van der Waals surface area contributed by atoms with Crippen LogP contribution in [0.1, 0.15) is 17.7 Å². The zero-order valence-corrected chi connectivity index (χ0v) is 15.3. The largest absolute Gasteiger partial charge is 0.371 e. The van der Waals surface area contributed by atoms with E-state index in [4.69, 9.17) is 4.74 Å². The second kappa shape index (κ2) is 7.37. The number of halogens is 1. The van der Waals surface area contributed by atoms with Crippen LogP contribution in [-0.2, 0) is 22.6 Å². The van der Waals surface area contributed by atoms with Gasteiger partial charge in [0.05, 0.1) is 29.6 Å². The van der Waals surface area contributed by atoms with E-state index in [2.05, 4.69) is 4.98 Å². The summed E-state index contributed by atoms with van der Waals surface area (Å²) in [4.78, 5) is 18.6. The van der Waals surface area contributed by atoms with Crippen molar-refractivity contribution >= 4 is 17.7 Å². The van der Waals surface area contributed by atoms with Gasteiger partial charge in [-0.05, 0) is 36.2 Å². The molecule has 1 spiro atoms. The summed E-state index contributed by atoms with van der Waals surface area (Å²) in [6.45, 7) is 2.09. The Hall–Kier alpha value is -1.92. The van der Waals surface area contributed by atoms with E-state index in [-0.39, 0.29) is 22.6 Å². The molecule has 0 saturated carbocycles. The standard InChI is InChI=1S/C20H21FN2O2S/c21-16-6-4-15(5-7-16)9-19(24)23-13-20(14-23)10-18(12-26-20)25-11-17-3-1-2-8-22-17/h1-8,18H,9-14H2/t18-/m1/s1. The van der Waals surface area contributed by atoms with Gasteiger partial charge in [0, 0.05) is 25.0 Å². The minimum atomic E-state index is -0.275. The van der Waals surface area contributed by atoms with Crippen LogP contribution in [0.5, 0.6) is 0 Å². The number of likely N-dealkylation sites (tertiary alicyclic amines) is 1. The summed E-state index contributed by atoms with van der Waals surface area (Å²) in [7, 11) is 0. The van der Waals surface area contributed by atoms with Crippen LogP contribution < -0.4 is 0 Å². The summed E-state index contributed by atoms with van der Waals surface area (Å²) >= 11 is 1.92. The molecule has 0 N–H and O–H groups in total. The number of carbonyl (C=O) groups is 1. The molecule has 1 amide bonds. The van der Waals surface area contributed by atoms with Gasteiger partial charge in [-0.1, -0.05) is 18.2 Å². The summed E-state index contributed by atoms with van der Waals surface area (Å²) in [5.41, 5.74) is 1.80. The number of hydrogen-bond acceptors (Lipinski definition) is 4. The Bertz CT molecular complexity index is 763. The Kier molecular flexibility index (Phi) is 4.96. The van der Waals surface area contributed by atoms with Crippen LogP contribution in [0, 0.1) is 5.82 Å². The molecular weight excluding hydrogens is 351 g/mol. The first kappa shape index (κ1) is 17.5. The molecule has 2 aliphatic heterocycles. The predicted molar refractivity (Wildman–Crippen MR) is 99.3 cm³/mol. The molecule has 0 aliphatic carbocycles. The van der Waals surface area contributed by atoms with Gasteiger partial charge in [-0.3, -0.25) is 9.78 Å². The smallest absolute Gasteiger partial charge is 0.227 e. The van der Waals surface area contributed by atoms with Crippen LogP contribution >= 0.6 is 11.8 Å². The number of nitrogens with zero attached hydrogens (tertiary/aromatic N) is 2. The van der Waals surface area contributed by atoms with Crippen molar-refractivity contribution in [1.82, 2.24) is 9.88 Å². The predicted octanol–water partition coefficient (Wildman–Crippen LogP) is 3.07. The molecular formula is C20H21FN2O2S. The van der Waals surface area contributed by atoms with Gasteiger partial charge in [-0.25, -0.2) is 4.39 Å². The van der Waals surface area contributed by atoms with E-state index >= 15 is 0 Å². The van der Waals surface area contributed by atoms with E-state index in [1.807, 2.05) is 34.9 Å². The zero-order valence-electron chi connectivity index (χ0n) is 14.4. The monoisotopic (exact) mass is 372 g/mol. The van der Waals surface area contributed by atoms with Crippen LogP contribution in [0.2, 0.25) is 0 Å². The summed E-state index contributed by atoms with van der Waals surface area (Å²) in [6, 6.07) is 12.0. The molecule has 4 nitrogen and oxygen atoms in total. The number of ether oxygens (including phenoxy) is 1. The average molecular weight is 372 g/mol. The first-order valence-corrected chi connectivity index (χ1v) is 9.78. The van der Waals surface area contributed by atoms with Gasteiger partial charge in [-0.15, -0.1) is 11.8 Å². The third-order valence-corrected chi connectivity index (χ3v) is 6.52. The summed E-state index contributed by atoms with van der Waals surface area (Å²) < 4.78 is 19.1. The Morgan fingerprint density at radius 3 is 2.81 bits per heavy atom. The lowest BCUT2D eigenvalue weighted by molar-refractivity contribution is -0.136. The first-order valence-electron chi connectivity index (χ1n) is 8.80. The third kappa shape index (κ3) is 3.91. The topological polar surface area (TPSA) is 42.4 Å². The molecule has 1 aromatic heterocycles. The Balaban J connectivity index is 1.23. The number of pyridine rings is 1. The van der Waals surface area contributed by atoms with Crippen molar-refractivity contribution in [3.05, 3.63) is 65.7 Å². The van der Waals surface area contributed by atoms with E-state index in [1.165, 1.54) is 12.1 Å². The van der Waals surface area contributed by atoms with Crippen molar-refractivity contribution in [3.8, 4) is 0 Å². The maximum Gasteiger partial charge on any atom is 0.227 e. The Labute approximate surface area is 156 Å². The van der Waals surface area contributed by atoms with Gasteiger partial charge < -0.3 is 9.64 Å². The van der Waals surface area contributed by atoms with Crippen molar-refractivity contribution < 1.29 is 13.9 Å². The minimum absolute atomic E-state index is 0.112. The van der Waals surface area contributed by atoms with Crippen LogP contribution in [0.3, 0.4) is 0 Å². The van der Waals surface area contributed by atoms with Crippen molar-refractivity contribution in [2.45, 2.75) is 30.3 Å². The average Bonchev–Trinajstić information content (AvgIpc) is 3.06. The highest BCUT2D eigenvalue weighted by Crippen LogP contribution is 2.46. The molecule has 2 fully saturated rings. The van der Waals surface area contributed by atoms with Crippen LogP contribution in [0.15, 0.2) is 48.7 Å². The molecule has 26 heavy (non-hydrogen) atoms. The number of rotatable bonds is 5. The molecule has 1 aromatic carbocycles. The van der Waals surface area contributed by atoms with Gasteiger partial charge in [0.1, 0.15) is 5.82 Å². The first-order chi connectivity index (χ1) is 12.6. The fraction of sp³-hybridized carbons (Fsp3) is 0.400. The van der Waals surface area contributed by atoms with Crippen LogP contribution in [0.25, 0.3) is 0 Å². The summed E-state index contributed by atoms with van der Waals surface area (Å²) in [5, 5.41) is 0. The molecule has 2 aromatic rings. The van der Waals surface area contributed by atoms with Gasteiger partial charge in [0.2, 0.25) is 5.91 Å². The molecule has 0 unspecified atom stereocenters. The second-order valence-electron chi connectivity index (χ2n) is 7.01. The lowest BCUT2D eigenvalue weighted by Gasteiger charge is -2.47. The number of hydrogen-bond donors (Lipinski definition) is 0. The lowest BCUT2D eigenvalue weighted by atomic mass is 9.92. The summed E-state index contributed by atoms with van der Waals surface area (Å²) in [6.07, 6.45) is 3.31. The fourth-order valence-electron chi connectivity index (χ4n) is 3.53. The molecule has 0 bridgehead atoms. The number of carbonyl (C=O) groups excluding carboxylic acids is 1. The third-order valence-electron chi connectivity index (χ3n) is 4.95. The van der Waals surface area contributed by atoms with Crippen LogP contribution in [0.4, 0.5) is 4.39 Å². The maximum atomic E-state index is 13.0. The zero-order chi connectivity index (χ0) is 18.0. The molecule has 3 heterocycles. The Morgan fingerprint density at radius 1 is 1.27 bits per heavy atom. The normalized spacial score (nSPS) is 21.0. The highest BCUT2D eigenvalue weighted by Gasteiger charge is 2.50. The van der Waals surface area contributed by atoms with Gasteiger partial charge in [0.15, 0.2) is 0 Å². The lowest BCUT2D eigenvalue weighted by Crippen LogP contribution is -2.61. The Morgan fingerprint density at radius 2 is 2.08 bits per heavy atom. The van der Waals surface area contributed by atoms with Gasteiger partial charge >= 0.3 is 0 Å². The second-order valence-corrected chi connectivity index (χ2v) is 8.49. The number of amides is 1. The minimum Gasteiger partial charge on any atom is -0.371 e. The maximum absolute atomic E-state index is 13.0. The van der Waals surface area contributed by atoms with Gasteiger partial charge in [0.25, 0.3) is 0 Å².